The van der Waals surface area contributed by atoms with Gasteiger partial charge in [0.25, 0.3) is 0 Å². The van der Waals surface area contributed by atoms with E-state index in [1.54, 1.807) is 0 Å². The number of amides is 1. The molecule has 1 amide bonds. The fraction of sp³-hybridized carbons (Fsp3) is 0.364. The van der Waals surface area contributed by atoms with E-state index in [1.807, 2.05) is 0 Å². The highest BCUT2D eigenvalue weighted by Gasteiger charge is 2.48. The van der Waals surface area contributed by atoms with Gasteiger partial charge in [0.05, 0.1) is 0 Å². The molecule has 2 rings (SSSR count). The molecule has 0 aliphatic heterocycles. The number of alkyl halides is 2. The van der Waals surface area contributed by atoms with E-state index in [9.17, 15) is 18.0 Å². The zero-order chi connectivity index (χ0) is 11.8. The molecule has 0 aromatic heterocycles. The fourth-order valence-corrected chi connectivity index (χ4v) is 1.62. The van der Waals surface area contributed by atoms with Crippen molar-refractivity contribution >= 4 is 11.6 Å². The van der Waals surface area contributed by atoms with Gasteiger partial charge in [0, 0.05) is 24.4 Å². The summed E-state index contributed by atoms with van der Waals surface area (Å²) in [6, 6.07) is 5.18. The van der Waals surface area contributed by atoms with Crippen LogP contribution in [0.2, 0.25) is 0 Å². The minimum Gasteiger partial charge on any atom is -0.326 e. The summed E-state index contributed by atoms with van der Waals surface area (Å²) >= 11 is 0. The van der Waals surface area contributed by atoms with Crippen molar-refractivity contribution in [1.82, 2.24) is 0 Å². The van der Waals surface area contributed by atoms with E-state index in [0.29, 0.717) is 5.69 Å². The second kappa shape index (κ2) is 3.81. The van der Waals surface area contributed by atoms with Gasteiger partial charge in [0.1, 0.15) is 5.82 Å². The second-order valence-corrected chi connectivity index (χ2v) is 3.96. The number of carbonyl (C=O) groups excluding carboxylic acids is 1. The molecule has 86 valence electrons. The Morgan fingerprint density at radius 1 is 1.25 bits per heavy atom. The normalized spacial score (nSPS) is 18.9. The monoisotopic (exact) mass is 229 g/mol. The van der Waals surface area contributed by atoms with Gasteiger partial charge in [-0.15, -0.1) is 0 Å². The standard InChI is InChI=1S/C11H10F3NO/c12-8-1-3-9(4-2-8)15-10(16)7-5-11(13,14)6-7/h1-4,7H,5-6H2,(H,15,16). The van der Waals surface area contributed by atoms with Gasteiger partial charge in [-0.2, -0.15) is 0 Å². The second-order valence-electron chi connectivity index (χ2n) is 3.96. The highest BCUT2D eigenvalue weighted by atomic mass is 19.3. The van der Waals surface area contributed by atoms with Crippen LogP contribution < -0.4 is 5.32 Å². The maximum absolute atomic E-state index is 12.5. The summed E-state index contributed by atoms with van der Waals surface area (Å²) in [4.78, 5) is 11.4. The highest BCUT2D eigenvalue weighted by molar-refractivity contribution is 5.93. The third kappa shape index (κ3) is 2.35. The maximum atomic E-state index is 12.5. The number of benzene rings is 1. The smallest absolute Gasteiger partial charge is 0.249 e. The van der Waals surface area contributed by atoms with Gasteiger partial charge in [-0.25, -0.2) is 13.2 Å². The maximum Gasteiger partial charge on any atom is 0.249 e. The van der Waals surface area contributed by atoms with Crippen molar-refractivity contribution in [2.75, 3.05) is 5.32 Å². The third-order valence-electron chi connectivity index (χ3n) is 2.57. The summed E-state index contributed by atoms with van der Waals surface area (Å²) in [5, 5.41) is 2.47. The molecule has 1 fully saturated rings. The number of rotatable bonds is 2. The van der Waals surface area contributed by atoms with Gasteiger partial charge >= 0.3 is 0 Å². The molecule has 5 heteroatoms. The number of nitrogens with one attached hydrogen (secondary N) is 1. The van der Waals surface area contributed by atoms with Crippen molar-refractivity contribution in [2.24, 2.45) is 5.92 Å². The van der Waals surface area contributed by atoms with Crippen molar-refractivity contribution < 1.29 is 18.0 Å². The zero-order valence-corrected chi connectivity index (χ0v) is 8.34. The largest absolute Gasteiger partial charge is 0.326 e. The Morgan fingerprint density at radius 2 is 1.81 bits per heavy atom. The van der Waals surface area contributed by atoms with Crippen LogP contribution in [-0.4, -0.2) is 11.8 Å². The fourth-order valence-electron chi connectivity index (χ4n) is 1.62. The Labute approximate surface area is 90.5 Å². The lowest BCUT2D eigenvalue weighted by Gasteiger charge is -2.33. The van der Waals surface area contributed by atoms with Gasteiger partial charge in [-0.3, -0.25) is 4.79 Å². The molecule has 1 N–H and O–H groups in total. The van der Waals surface area contributed by atoms with E-state index in [4.69, 9.17) is 0 Å². The Morgan fingerprint density at radius 3 is 2.31 bits per heavy atom. The Balaban J connectivity index is 1.91. The molecule has 1 aromatic carbocycles. The van der Waals surface area contributed by atoms with Crippen LogP contribution in [0.15, 0.2) is 24.3 Å². The van der Waals surface area contributed by atoms with Gasteiger partial charge in [0.15, 0.2) is 0 Å². The first-order valence-corrected chi connectivity index (χ1v) is 4.90. The van der Waals surface area contributed by atoms with Gasteiger partial charge in [0.2, 0.25) is 11.8 Å². The van der Waals surface area contributed by atoms with Gasteiger partial charge in [-0.05, 0) is 24.3 Å². The van der Waals surface area contributed by atoms with Crippen LogP contribution in [0.5, 0.6) is 0 Å². The average Bonchev–Trinajstić information content (AvgIpc) is 2.18. The molecule has 1 aliphatic rings. The topological polar surface area (TPSA) is 29.1 Å². The van der Waals surface area contributed by atoms with E-state index in [1.165, 1.54) is 24.3 Å². The number of carbonyl (C=O) groups is 1. The predicted molar refractivity (Wildman–Crippen MR) is 52.7 cm³/mol. The minimum absolute atomic E-state index is 0.403. The van der Waals surface area contributed by atoms with Crippen LogP contribution in [0, 0.1) is 11.7 Å². The molecule has 0 heterocycles. The quantitative estimate of drug-likeness (QED) is 0.830. The van der Waals surface area contributed by atoms with Crippen LogP contribution in [0.4, 0.5) is 18.9 Å². The van der Waals surface area contributed by atoms with Crippen LogP contribution >= 0.6 is 0 Å². The Hall–Kier alpha value is -1.52. The molecule has 16 heavy (non-hydrogen) atoms. The zero-order valence-electron chi connectivity index (χ0n) is 8.34. The lowest BCUT2D eigenvalue weighted by molar-refractivity contribution is -0.145. The predicted octanol–water partition coefficient (Wildman–Crippen LogP) is 2.81. The molecule has 2 nitrogen and oxygen atoms in total. The van der Waals surface area contributed by atoms with Crippen molar-refractivity contribution in [3.63, 3.8) is 0 Å². The van der Waals surface area contributed by atoms with Crippen molar-refractivity contribution in [1.29, 1.82) is 0 Å². The molecule has 0 saturated heterocycles. The lowest BCUT2D eigenvalue weighted by atomic mass is 9.81. The lowest BCUT2D eigenvalue weighted by Crippen LogP contribution is -2.42. The summed E-state index contributed by atoms with van der Waals surface area (Å²) < 4.78 is 37.6. The van der Waals surface area contributed by atoms with Crippen LogP contribution in [-0.2, 0) is 4.79 Å². The number of hydrogen-bond acceptors (Lipinski definition) is 1. The molecule has 0 bridgehead atoms. The molecule has 1 aromatic rings. The molecular weight excluding hydrogens is 219 g/mol. The number of halogens is 3. The first-order chi connectivity index (χ1) is 7.46. The highest BCUT2D eigenvalue weighted by Crippen LogP contribution is 2.42. The van der Waals surface area contributed by atoms with Crippen LogP contribution in [0.1, 0.15) is 12.8 Å². The van der Waals surface area contributed by atoms with E-state index in [0.717, 1.165) is 0 Å². The van der Waals surface area contributed by atoms with E-state index < -0.39 is 36.4 Å². The Kier molecular flexibility index (Phi) is 2.61. The molecule has 0 unspecified atom stereocenters. The molecule has 0 radical (unpaired) electrons. The van der Waals surface area contributed by atoms with E-state index >= 15 is 0 Å². The first kappa shape index (κ1) is 11.0. The van der Waals surface area contributed by atoms with Crippen LogP contribution in [0.25, 0.3) is 0 Å². The third-order valence-corrected chi connectivity index (χ3v) is 2.57. The molecule has 1 aliphatic carbocycles. The summed E-state index contributed by atoms with van der Waals surface area (Å²) in [6.45, 7) is 0. The molecule has 0 spiro atoms. The minimum atomic E-state index is -2.70. The van der Waals surface area contributed by atoms with Gasteiger partial charge < -0.3 is 5.32 Å². The average molecular weight is 229 g/mol. The van der Waals surface area contributed by atoms with Crippen molar-refractivity contribution in [3.05, 3.63) is 30.1 Å². The van der Waals surface area contributed by atoms with E-state index in [2.05, 4.69) is 5.32 Å². The SMILES string of the molecule is O=C(Nc1ccc(F)cc1)C1CC(F)(F)C1. The van der Waals surface area contributed by atoms with E-state index in [-0.39, 0.29) is 0 Å². The van der Waals surface area contributed by atoms with Gasteiger partial charge in [-0.1, -0.05) is 0 Å². The summed E-state index contributed by atoms with van der Waals surface area (Å²) in [6.07, 6.45) is -0.805. The number of hydrogen-bond donors (Lipinski definition) is 1. The molecule has 0 atom stereocenters. The summed E-state index contributed by atoms with van der Waals surface area (Å²) in [7, 11) is 0. The molecular formula is C11H10F3NO. The molecule has 1 saturated carbocycles. The van der Waals surface area contributed by atoms with Crippen molar-refractivity contribution in [2.45, 2.75) is 18.8 Å². The summed E-state index contributed by atoms with van der Waals surface area (Å²) in [5.74, 6) is -4.18. The Bertz CT molecular complexity index is 394. The van der Waals surface area contributed by atoms with Crippen LogP contribution in [0.3, 0.4) is 0 Å². The number of anilines is 1. The summed E-state index contributed by atoms with van der Waals surface area (Å²) in [5.41, 5.74) is 0.418. The first-order valence-electron chi connectivity index (χ1n) is 4.90. The van der Waals surface area contributed by atoms with Crippen molar-refractivity contribution in [3.8, 4) is 0 Å².